The minimum absolute atomic E-state index is 0.00686. The van der Waals surface area contributed by atoms with Gasteiger partial charge in [0.15, 0.2) is 0 Å². The predicted molar refractivity (Wildman–Crippen MR) is 73.7 cm³/mol. The van der Waals surface area contributed by atoms with E-state index in [2.05, 4.69) is 5.32 Å². The molecule has 0 bridgehead atoms. The molecule has 1 fully saturated rings. The van der Waals surface area contributed by atoms with Gasteiger partial charge in [-0.05, 0) is 25.7 Å². The van der Waals surface area contributed by atoms with Gasteiger partial charge in [0.1, 0.15) is 12.1 Å². The Balaban J connectivity index is 2.79. The molecule has 116 valence electrons. The van der Waals surface area contributed by atoms with Crippen LogP contribution in [0.1, 0.15) is 39.5 Å². The zero-order valence-electron chi connectivity index (χ0n) is 11.8. The molecule has 7 nitrogen and oxygen atoms in total. The van der Waals surface area contributed by atoms with Gasteiger partial charge in [0.05, 0.1) is 5.75 Å². The van der Waals surface area contributed by atoms with Gasteiger partial charge in [0.25, 0.3) is 0 Å². The second kappa shape index (κ2) is 7.03. The Labute approximate surface area is 119 Å². The van der Waals surface area contributed by atoms with Gasteiger partial charge in [-0.15, -0.1) is 0 Å². The summed E-state index contributed by atoms with van der Waals surface area (Å²) in [5.74, 6) is -1.62. The van der Waals surface area contributed by atoms with E-state index < -0.39 is 34.0 Å². The highest BCUT2D eigenvalue weighted by Gasteiger charge is 2.38. The third-order valence-electron chi connectivity index (χ3n) is 3.35. The summed E-state index contributed by atoms with van der Waals surface area (Å²) in [6.07, 6.45) is 1.80. The van der Waals surface area contributed by atoms with Gasteiger partial charge >= 0.3 is 5.97 Å². The Morgan fingerprint density at radius 1 is 1.40 bits per heavy atom. The summed E-state index contributed by atoms with van der Waals surface area (Å²) in [5, 5.41) is 11.3. The van der Waals surface area contributed by atoms with Crippen molar-refractivity contribution < 1.29 is 23.1 Å². The van der Waals surface area contributed by atoms with E-state index in [1.165, 1.54) is 4.31 Å². The first kappa shape index (κ1) is 16.9. The summed E-state index contributed by atoms with van der Waals surface area (Å²) in [6.45, 7) is 3.74. The topological polar surface area (TPSA) is 104 Å². The number of rotatable bonds is 7. The third-order valence-corrected chi connectivity index (χ3v) is 5.42. The predicted octanol–water partition coefficient (Wildman–Crippen LogP) is 0.170. The fourth-order valence-electron chi connectivity index (χ4n) is 2.32. The van der Waals surface area contributed by atoms with Gasteiger partial charge in [0, 0.05) is 6.54 Å². The van der Waals surface area contributed by atoms with E-state index in [0.717, 1.165) is 0 Å². The lowest BCUT2D eigenvalue weighted by Gasteiger charge is -2.24. The van der Waals surface area contributed by atoms with Crippen LogP contribution in [0.4, 0.5) is 0 Å². The number of nitrogens with one attached hydrogen (secondary N) is 1. The summed E-state index contributed by atoms with van der Waals surface area (Å²) < 4.78 is 25.3. The van der Waals surface area contributed by atoms with Gasteiger partial charge in [0.2, 0.25) is 15.9 Å². The van der Waals surface area contributed by atoms with Gasteiger partial charge in [-0.3, -0.25) is 4.79 Å². The van der Waals surface area contributed by atoms with Crippen LogP contribution in [0.3, 0.4) is 0 Å². The van der Waals surface area contributed by atoms with Crippen LogP contribution < -0.4 is 5.32 Å². The molecule has 0 saturated carbocycles. The molecule has 8 heteroatoms. The average Bonchev–Trinajstić information content (AvgIpc) is 2.85. The molecule has 0 aliphatic carbocycles. The largest absolute Gasteiger partial charge is 0.480 e. The lowest BCUT2D eigenvalue weighted by atomic mass is 10.2. The quantitative estimate of drug-likeness (QED) is 0.698. The van der Waals surface area contributed by atoms with Crippen LogP contribution in [0, 0.1) is 0 Å². The van der Waals surface area contributed by atoms with E-state index >= 15 is 0 Å². The summed E-state index contributed by atoms with van der Waals surface area (Å²) in [4.78, 5) is 23.0. The first-order valence-electron chi connectivity index (χ1n) is 6.86. The van der Waals surface area contributed by atoms with Crippen molar-refractivity contribution in [3.05, 3.63) is 0 Å². The fourth-order valence-corrected chi connectivity index (χ4v) is 4.06. The fraction of sp³-hybridized carbons (Fsp3) is 0.833. The van der Waals surface area contributed by atoms with Gasteiger partial charge in [-0.25, -0.2) is 13.2 Å². The van der Waals surface area contributed by atoms with Crippen molar-refractivity contribution in [1.29, 1.82) is 0 Å². The van der Waals surface area contributed by atoms with E-state index in [-0.39, 0.29) is 12.2 Å². The molecule has 1 amide bonds. The van der Waals surface area contributed by atoms with Gasteiger partial charge < -0.3 is 10.4 Å². The second-order valence-corrected chi connectivity index (χ2v) is 6.93. The maximum Gasteiger partial charge on any atom is 0.326 e. The summed E-state index contributed by atoms with van der Waals surface area (Å²) in [5.41, 5.74) is 0. The second-order valence-electron chi connectivity index (χ2n) is 4.89. The lowest BCUT2D eigenvalue weighted by molar-refractivity contribution is -0.142. The number of hydrogen-bond donors (Lipinski definition) is 2. The van der Waals surface area contributed by atoms with Crippen molar-refractivity contribution in [2.24, 2.45) is 0 Å². The molecule has 20 heavy (non-hydrogen) atoms. The van der Waals surface area contributed by atoms with E-state index in [1.807, 2.05) is 0 Å². The molecule has 0 aromatic heterocycles. The molecule has 0 spiro atoms. The number of nitrogens with zero attached hydrogens (tertiary/aromatic N) is 1. The molecule has 1 saturated heterocycles. The molecule has 0 aromatic rings. The van der Waals surface area contributed by atoms with E-state index in [9.17, 15) is 18.0 Å². The third kappa shape index (κ3) is 3.92. The number of amides is 1. The minimum Gasteiger partial charge on any atom is -0.480 e. The number of carboxylic acid groups (broad SMARTS) is 1. The Bertz CT molecular complexity index is 462. The van der Waals surface area contributed by atoms with E-state index in [1.54, 1.807) is 13.8 Å². The van der Waals surface area contributed by atoms with Crippen molar-refractivity contribution in [3.8, 4) is 0 Å². The molecule has 2 N–H and O–H groups in total. The first-order chi connectivity index (χ1) is 9.33. The molecule has 2 atom stereocenters. The zero-order chi connectivity index (χ0) is 15.3. The molecule has 1 rings (SSSR count). The Morgan fingerprint density at radius 2 is 2.05 bits per heavy atom. The summed E-state index contributed by atoms with van der Waals surface area (Å²) in [7, 11) is -3.44. The molecule has 1 aliphatic heterocycles. The molecular weight excluding hydrogens is 284 g/mol. The molecule has 0 radical (unpaired) electrons. The Kier molecular flexibility index (Phi) is 5.94. The average molecular weight is 306 g/mol. The highest BCUT2D eigenvalue weighted by atomic mass is 32.2. The Morgan fingerprint density at radius 3 is 2.55 bits per heavy atom. The summed E-state index contributed by atoms with van der Waals surface area (Å²) >= 11 is 0. The molecule has 1 heterocycles. The number of aliphatic carboxylic acids is 1. The number of carboxylic acids is 1. The summed E-state index contributed by atoms with van der Waals surface area (Å²) in [6, 6.07) is -1.75. The van der Waals surface area contributed by atoms with Crippen LogP contribution in [0.15, 0.2) is 0 Å². The molecule has 0 aromatic carbocycles. The van der Waals surface area contributed by atoms with Crippen LogP contribution >= 0.6 is 0 Å². The number of carbonyl (C=O) groups is 2. The molecular formula is C12H22N2O5S. The van der Waals surface area contributed by atoms with Crippen molar-refractivity contribution in [2.75, 3.05) is 12.3 Å². The highest BCUT2D eigenvalue weighted by molar-refractivity contribution is 7.89. The van der Waals surface area contributed by atoms with Crippen LogP contribution in [0.25, 0.3) is 0 Å². The smallest absolute Gasteiger partial charge is 0.326 e. The van der Waals surface area contributed by atoms with Crippen LogP contribution in [0.2, 0.25) is 0 Å². The van der Waals surface area contributed by atoms with Gasteiger partial charge in [-0.2, -0.15) is 4.31 Å². The monoisotopic (exact) mass is 306 g/mol. The maximum absolute atomic E-state index is 12.1. The molecule has 1 aliphatic rings. The SMILES string of the molecule is CCCS(=O)(=O)N1CCCC1C(=O)N[C@H](CC)C(=O)O. The lowest BCUT2D eigenvalue weighted by Crippen LogP contribution is -2.51. The Hall–Kier alpha value is -1.15. The van der Waals surface area contributed by atoms with Crippen LogP contribution in [-0.2, 0) is 19.6 Å². The van der Waals surface area contributed by atoms with Crippen molar-refractivity contribution in [3.63, 3.8) is 0 Å². The number of carbonyl (C=O) groups excluding carboxylic acids is 1. The maximum atomic E-state index is 12.1. The van der Waals surface area contributed by atoms with Crippen molar-refractivity contribution in [2.45, 2.75) is 51.6 Å². The normalized spacial score (nSPS) is 21.6. The van der Waals surface area contributed by atoms with E-state index in [0.29, 0.717) is 25.8 Å². The van der Waals surface area contributed by atoms with Crippen LogP contribution in [0.5, 0.6) is 0 Å². The van der Waals surface area contributed by atoms with Crippen LogP contribution in [-0.4, -0.2) is 54.1 Å². The number of sulfonamides is 1. The van der Waals surface area contributed by atoms with Gasteiger partial charge in [-0.1, -0.05) is 13.8 Å². The standard InChI is InChI=1S/C12H22N2O5S/c1-3-8-20(18,19)14-7-5-6-10(14)11(15)13-9(4-2)12(16)17/h9-10H,3-8H2,1-2H3,(H,13,15)(H,16,17)/t9-,10?/m1/s1. The van der Waals surface area contributed by atoms with Crippen molar-refractivity contribution in [1.82, 2.24) is 9.62 Å². The highest BCUT2D eigenvalue weighted by Crippen LogP contribution is 2.22. The van der Waals surface area contributed by atoms with Crippen molar-refractivity contribution >= 4 is 21.9 Å². The van der Waals surface area contributed by atoms with E-state index in [4.69, 9.17) is 5.11 Å². The number of hydrogen-bond acceptors (Lipinski definition) is 4. The molecule has 1 unspecified atom stereocenters. The zero-order valence-corrected chi connectivity index (χ0v) is 12.6. The first-order valence-corrected chi connectivity index (χ1v) is 8.47. The minimum atomic E-state index is -3.44.